The fourth-order valence-corrected chi connectivity index (χ4v) is 1.41. The Morgan fingerprint density at radius 2 is 1.94 bits per heavy atom. The average Bonchev–Trinajstić information content (AvgIpc) is 2.28. The molecule has 0 fully saturated rings. The average molecular weight is 254 g/mol. The van der Waals surface area contributed by atoms with Crippen molar-refractivity contribution in [2.75, 3.05) is 0 Å². The van der Waals surface area contributed by atoms with Crippen molar-refractivity contribution in [2.24, 2.45) is 0 Å². The van der Waals surface area contributed by atoms with E-state index in [0.29, 0.717) is 0 Å². The number of nitro benzene ring substituents is 1. The topological polar surface area (TPSA) is 113 Å². The van der Waals surface area contributed by atoms with Crippen molar-refractivity contribution in [2.45, 2.75) is 25.7 Å². The largest absolute Gasteiger partial charge is 0.381 e. The number of benzene rings is 1. The Bertz CT molecular complexity index is 455. The second-order valence-electron chi connectivity index (χ2n) is 4.05. The summed E-state index contributed by atoms with van der Waals surface area (Å²) in [5, 5.41) is 32.4. The number of rotatable bonds is 4. The minimum atomic E-state index is -1.74. The molecule has 98 valence electrons. The van der Waals surface area contributed by atoms with Gasteiger partial charge in [0, 0.05) is 19.1 Å². The molecule has 7 nitrogen and oxygen atoms in total. The first-order valence-corrected chi connectivity index (χ1v) is 5.17. The number of aliphatic hydroxyl groups is 2. The molecule has 1 rings (SSSR count). The van der Waals surface area contributed by atoms with Gasteiger partial charge in [-0.2, -0.15) is 0 Å². The Morgan fingerprint density at radius 1 is 1.44 bits per heavy atom. The number of carbonyl (C=O) groups excluding carboxylic acids is 1. The lowest BCUT2D eigenvalue weighted by molar-refractivity contribution is -0.384. The van der Waals surface area contributed by atoms with Crippen molar-refractivity contribution in [3.63, 3.8) is 0 Å². The zero-order valence-corrected chi connectivity index (χ0v) is 9.95. The molecular formula is C11H14N2O5. The van der Waals surface area contributed by atoms with Crippen LogP contribution in [0.15, 0.2) is 24.3 Å². The van der Waals surface area contributed by atoms with Gasteiger partial charge < -0.3 is 15.5 Å². The van der Waals surface area contributed by atoms with E-state index in [1.165, 1.54) is 38.1 Å². The van der Waals surface area contributed by atoms with Crippen LogP contribution in [-0.4, -0.2) is 27.3 Å². The minimum absolute atomic E-state index is 0.122. The molecular weight excluding hydrogens is 240 g/mol. The first-order chi connectivity index (χ1) is 8.25. The molecule has 7 heteroatoms. The molecule has 0 aliphatic rings. The molecule has 18 heavy (non-hydrogen) atoms. The molecule has 0 spiro atoms. The number of nitrogens with zero attached hydrogens (tertiary/aromatic N) is 1. The normalized spacial score (nSPS) is 15.6. The first kappa shape index (κ1) is 14.1. The van der Waals surface area contributed by atoms with Gasteiger partial charge in [-0.05, 0) is 24.6 Å². The van der Waals surface area contributed by atoms with E-state index in [9.17, 15) is 25.1 Å². The van der Waals surface area contributed by atoms with E-state index in [0.717, 1.165) is 0 Å². The van der Waals surface area contributed by atoms with Crippen LogP contribution in [0.1, 0.15) is 19.4 Å². The Kier molecular flexibility index (Phi) is 4.00. The highest BCUT2D eigenvalue weighted by Gasteiger charge is 2.33. The van der Waals surface area contributed by atoms with Gasteiger partial charge in [0.25, 0.3) is 5.69 Å². The molecule has 0 radical (unpaired) electrons. The highest BCUT2D eigenvalue weighted by Crippen LogP contribution is 2.25. The number of aliphatic hydroxyl groups excluding tert-OH is 1. The molecule has 0 unspecified atom stereocenters. The SMILES string of the molecule is CC(=O)N[C@H](O)[C@@](C)(O)c1ccc([N+](=O)[O-])cc1. The zero-order valence-electron chi connectivity index (χ0n) is 9.95. The van der Waals surface area contributed by atoms with Crippen LogP contribution in [0.5, 0.6) is 0 Å². The van der Waals surface area contributed by atoms with Gasteiger partial charge in [-0.25, -0.2) is 0 Å². The summed E-state index contributed by atoms with van der Waals surface area (Å²) in [6, 6.07) is 5.07. The monoisotopic (exact) mass is 254 g/mol. The van der Waals surface area contributed by atoms with Crippen LogP contribution in [0.3, 0.4) is 0 Å². The lowest BCUT2D eigenvalue weighted by Crippen LogP contribution is -2.48. The lowest BCUT2D eigenvalue weighted by Gasteiger charge is -2.29. The predicted octanol–water partition coefficient (Wildman–Crippen LogP) is 0.257. The van der Waals surface area contributed by atoms with E-state index in [1.54, 1.807) is 0 Å². The van der Waals surface area contributed by atoms with Crippen molar-refractivity contribution in [3.8, 4) is 0 Å². The Morgan fingerprint density at radius 3 is 2.33 bits per heavy atom. The van der Waals surface area contributed by atoms with Crippen molar-refractivity contribution in [1.29, 1.82) is 0 Å². The van der Waals surface area contributed by atoms with Crippen LogP contribution >= 0.6 is 0 Å². The van der Waals surface area contributed by atoms with Crippen LogP contribution in [0.25, 0.3) is 0 Å². The third-order valence-electron chi connectivity index (χ3n) is 2.53. The number of hydrogen-bond donors (Lipinski definition) is 3. The molecule has 0 saturated carbocycles. The number of nitrogens with one attached hydrogen (secondary N) is 1. The van der Waals surface area contributed by atoms with Gasteiger partial charge >= 0.3 is 0 Å². The molecule has 0 aliphatic carbocycles. The molecule has 1 aromatic carbocycles. The van der Waals surface area contributed by atoms with Gasteiger partial charge in [0.05, 0.1) is 4.92 Å². The van der Waals surface area contributed by atoms with Crippen molar-refractivity contribution in [3.05, 3.63) is 39.9 Å². The van der Waals surface area contributed by atoms with Gasteiger partial charge in [0.1, 0.15) is 5.60 Å². The van der Waals surface area contributed by atoms with Crippen LogP contribution in [-0.2, 0) is 10.4 Å². The summed E-state index contributed by atoms with van der Waals surface area (Å²) in [6.45, 7) is 2.50. The number of nitro groups is 1. The molecule has 0 saturated heterocycles. The summed E-state index contributed by atoms with van der Waals surface area (Å²) in [4.78, 5) is 20.7. The molecule has 0 aromatic heterocycles. The van der Waals surface area contributed by atoms with Crippen molar-refractivity contribution < 1.29 is 19.9 Å². The lowest BCUT2D eigenvalue weighted by atomic mass is 9.94. The van der Waals surface area contributed by atoms with E-state index in [-0.39, 0.29) is 11.3 Å². The number of amides is 1. The fourth-order valence-electron chi connectivity index (χ4n) is 1.41. The Balaban J connectivity index is 2.97. The summed E-state index contributed by atoms with van der Waals surface area (Å²) in [6.07, 6.45) is -1.50. The van der Waals surface area contributed by atoms with Gasteiger partial charge in [-0.3, -0.25) is 14.9 Å². The highest BCUT2D eigenvalue weighted by molar-refractivity contribution is 5.73. The van der Waals surface area contributed by atoms with E-state index in [4.69, 9.17) is 0 Å². The van der Waals surface area contributed by atoms with Crippen LogP contribution in [0.2, 0.25) is 0 Å². The fraction of sp³-hybridized carbons (Fsp3) is 0.364. The first-order valence-electron chi connectivity index (χ1n) is 5.17. The molecule has 0 heterocycles. The quantitative estimate of drug-likeness (QED) is 0.405. The van der Waals surface area contributed by atoms with Gasteiger partial charge in [0.15, 0.2) is 6.23 Å². The van der Waals surface area contributed by atoms with E-state index in [1.807, 2.05) is 0 Å². The predicted molar refractivity (Wildman–Crippen MR) is 62.5 cm³/mol. The number of carbonyl (C=O) groups is 1. The molecule has 0 aliphatic heterocycles. The summed E-state index contributed by atoms with van der Waals surface area (Å²) in [5.41, 5.74) is -1.60. The summed E-state index contributed by atoms with van der Waals surface area (Å²) >= 11 is 0. The van der Waals surface area contributed by atoms with Crippen LogP contribution in [0.4, 0.5) is 5.69 Å². The minimum Gasteiger partial charge on any atom is -0.381 e. The van der Waals surface area contributed by atoms with Gasteiger partial charge in [0.2, 0.25) is 5.91 Å². The Hall–Kier alpha value is -1.99. The van der Waals surface area contributed by atoms with Crippen LogP contribution < -0.4 is 5.32 Å². The molecule has 2 atom stereocenters. The zero-order chi connectivity index (χ0) is 13.9. The van der Waals surface area contributed by atoms with E-state index >= 15 is 0 Å². The molecule has 1 aromatic rings. The van der Waals surface area contributed by atoms with E-state index < -0.39 is 22.7 Å². The molecule has 1 amide bonds. The van der Waals surface area contributed by atoms with Gasteiger partial charge in [-0.1, -0.05) is 0 Å². The number of hydrogen-bond acceptors (Lipinski definition) is 5. The molecule has 0 bridgehead atoms. The standard InChI is InChI=1S/C11H14N2O5/c1-7(14)12-10(15)11(2,16)8-3-5-9(6-4-8)13(17)18/h3-6,10,15-16H,1-2H3,(H,12,14)/t10-,11+/m1/s1. The third kappa shape index (κ3) is 3.02. The van der Waals surface area contributed by atoms with E-state index in [2.05, 4.69) is 5.32 Å². The van der Waals surface area contributed by atoms with Crippen LogP contribution in [0, 0.1) is 10.1 Å². The second-order valence-corrected chi connectivity index (χ2v) is 4.05. The Labute approximate surface area is 103 Å². The second kappa shape index (κ2) is 5.11. The maximum absolute atomic E-state index is 10.8. The highest BCUT2D eigenvalue weighted by atomic mass is 16.6. The van der Waals surface area contributed by atoms with Crippen molar-refractivity contribution in [1.82, 2.24) is 5.32 Å². The smallest absolute Gasteiger partial charge is 0.269 e. The van der Waals surface area contributed by atoms with Crippen molar-refractivity contribution >= 4 is 11.6 Å². The molecule has 3 N–H and O–H groups in total. The summed E-state index contributed by atoms with van der Waals surface area (Å²) < 4.78 is 0. The maximum Gasteiger partial charge on any atom is 0.269 e. The number of non-ortho nitro benzene ring substituents is 1. The summed E-state index contributed by atoms with van der Waals surface area (Å²) in [7, 11) is 0. The third-order valence-corrected chi connectivity index (χ3v) is 2.53. The maximum atomic E-state index is 10.8. The van der Waals surface area contributed by atoms with Gasteiger partial charge in [-0.15, -0.1) is 0 Å². The summed E-state index contributed by atoms with van der Waals surface area (Å²) in [5.74, 6) is -0.496.